The first-order valence-corrected chi connectivity index (χ1v) is 8.11. The van der Waals surface area contributed by atoms with E-state index in [0.717, 1.165) is 38.2 Å². The Morgan fingerprint density at radius 2 is 2.04 bits per heavy atom. The quantitative estimate of drug-likeness (QED) is 0.358. The molecule has 1 aromatic carbocycles. The third-order valence-electron chi connectivity index (χ3n) is 4.02. The van der Waals surface area contributed by atoms with Crippen LogP contribution in [-0.4, -0.2) is 37.0 Å². The standard InChI is InChI=1S/C16H24N4O3.ClH/c21-16(19-11-8-13-7-10-17-12-13)2-1-9-18-14-3-5-15(6-4-14)20(22)23;/h3-6,13,17-18H,1-2,7-12H2,(H,19,21);1H. The number of nitrogens with one attached hydrogen (secondary N) is 3. The first-order chi connectivity index (χ1) is 11.1. The molecule has 7 nitrogen and oxygen atoms in total. The van der Waals surface area contributed by atoms with Gasteiger partial charge < -0.3 is 16.0 Å². The molecule has 2 rings (SSSR count). The molecule has 0 saturated carbocycles. The molecule has 1 amide bonds. The Balaban J connectivity index is 0.00000288. The van der Waals surface area contributed by atoms with Gasteiger partial charge in [-0.15, -0.1) is 12.4 Å². The van der Waals surface area contributed by atoms with E-state index in [2.05, 4.69) is 16.0 Å². The van der Waals surface area contributed by atoms with Gasteiger partial charge in [0, 0.05) is 37.3 Å². The van der Waals surface area contributed by atoms with E-state index >= 15 is 0 Å². The first-order valence-electron chi connectivity index (χ1n) is 8.11. The van der Waals surface area contributed by atoms with Gasteiger partial charge >= 0.3 is 0 Å². The van der Waals surface area contributed by atoms with Crippen molar-refractivity contribution >= 4 is 29.7 Å². The Morgan fingerprint density at radius 1 is 1.29 bits per heavy atom. The SMILES string of the molecule is Cl.O=C(CCCNc1ccc([N+](=O)[O-])cc1)NCCC1CCNC1. The number of rotatable bonds is 9. The summed E-state index contributed by atoms with van der Waals surface area (Å²) >= 11 is 0. The van der Waals surface area contributed by atoms with Crippen molar-refractivity contribution in [3.8, 4) is 0 Å². The third kappa shape index (κ3) is 7.14. The minimum atomic E-state index is -0.421. The Morgan fingerprint density at radius 3 is 2.67 bits per heavy atom. The van der Waals surface area contributed by atoms with E-state index in [-0.39, 0.29) is 24.0 Å². The number of nitrogens with zero attached hydrogens (tertiary/aromatic N) is 1. The maximum atomic E-state index is 11.7. The second-order valence-corrected chi connectivity index (χ2v) is 5.83. The topological polar surface area (TPSA) is 96.3 Å². The minimum absolute atomic E-state index is 0. The number of non-ortho nitro benzene ring substituents is 1. The fraction of sp³-hybridized carbons (Fsp3) is 0.562. The van der Waals surface area contributed by atoms with Crippen LogP contribution in [0.4, 0.5) is 11.4 Å². The maximum absolute atomic E-state index is 11.7. The van der Waals surface area contributed by atoms with Crippen LogP contribution in [0.1, 0.15) is 25.7 Å². The summed E-state index contributed by atoms with van der Waals surface area (Å²) in [5, 5.41) is 20.0. The number of hydrogen-bond donors (Lipinski definition) is 3. The Hall–Kier alpha value is -1.86. The molecular formula is C16H25ClN4O3. The molecule has 134 valence electrons. The van der Waals surface area contributed by atoms with Gasteiger partial charge in [-0.1, -0.05) is 0 Å². The van der Waals surface area contributed by atoms with Crippen molar-refractivity contribution in [1.29, 1.82) is 0 Å². The average molecular weight is 357 g/mol. The highest BCUT2D eigenvalue weighted by Crippen LogP contribution is 2.15. The second kappa shape index (κ2) is 10.8. The van der Waals surface area contributed by atoms with Crippen molar-refractivity contribution in [2.45, 2.75) is 25.7 Å². The van der Waals surface area contributed by atoms with Crippen LogP contribution in [0.3, 0.4) is 0 Å². The summed E-state index contributed by atoms with van der Waals surface area (Å²) < 4.78 is 0. The molecule has 0 radical (unpaired) electrons. The van der Waals surface area contributed by atoms with Gasteiger partial charge in [0.15, 0.2) is 0 Å². The summed E-state index contributed by atoms with van der Waals surface area (Å²) in [7, 11) is 0. The highest BCUT2D eigenvalue weighted by Gasteiger charge is 2.13. The fourth-order valence-electron chi connectivity index (χ4n) is 2.65. The van der Waals surface area contributed by atoms with E-state index in [1.807, 2.05) is 0 Å². The van der Waals surface area contributed by atoms with Crippen LogP contribution in [0.15, 0.2) is 24.3 Å². The predicted octanol–water partition coefficient (Wildman–Crippen LogP) is 2.32. The van der Waals surface area contributed by atoms with Crippen molar-refractivity contribution < 1.29 is 9.72 Å². The monoisotopic (exact) mass is 356 g/mol. The largest absolute Gasteiger partial charge is 0.385 e. The number of benzene rings is 1. The van der Waals surface area contributed by atoms with Crippen LogP contribution < -0.4 is 16.0 Å². The summed E-state index contributed by atoms with van der Waals surface area (Å²) in [6.45, 7) is 3.57. The molecule has 1 atom stereocenters. The van der Waals surface area contributed by atoms with E-state index in [1.165, 1.54) is 18.6 Å². The summed E-state index contributed by atoms with van der Waals surface area (Å²) in [6.07, 6.45) is 3.46. The maximum Gasteiger partial charge on any atom is 0.269 e. The lowest BCUT2D eigenvalue weighted by molar-refractivity contribution is -0.384. The number of carbonyl (C=O) groups is 1. The molecule has 1 unspecified atom stereocenters. The first kappa shape index (κ1) is 20.2. The number of carbonyl (C=O) groups excluding carboxylic acids is 1. The van der Waals surface area contributed by atoms with Gasteiger partial charge in [-0.2, -0.15) is 0 Å². The van der Waals surface area contributed by atoms with E-state index in [4.69, 9.17) is 0 Å². The normalized spacial score (nSPS) is 16.2. The average Bonchev–Trinajstić information content (AvgIpc) is 3.05. The van der Waals surface area contributed by atoms with Crippen molar-refractivity contribution in [2.24, 2.45) is 5.92 Å². The Kier molecular flexibility index (Phi) is 9.11. The molecule has 0 bridgehead atoms. The zero-order chi connectivity index (χ0) is 16.5. The molecule has 1 heterocycles. The van der Waals surface area contributed by atoms with Gasteiger partial charge in [-0.3, -0.25) is 14.9 Å². The van der Waals surface area contributed by atoms with E-state index in [0.29, 0.717) is 18.9 Å². The molecule has 1 saturated heterocycles. The zero-order valence-corrected chi connectivity index (χ0v) is 14.4. The van der Waals surface area contributed by atoms with Gasteiger partial charge in [0.1, 0.15) is 0 Å². The molecular weight excluding hydrogens is 332 g/mol. The molecule has 1 aliphatic rings. The van der Waals surface area contributed by atoms with E-state index < -0.39 is 4.92 Å². The zero-order valence-electron chi connectivity index (χ0n) is 13.6. The molecule has 0 aromatic heterocycles. The lowest BCUT2D eigenvalue weighted by atomic mass is 10.1. The van der Waals surface area contributed by atoms with Gasteiger partial charge in [0.05, 0.1) is 4.92 Å². The van der Waals surface area contributed by atoms with Crippen LogP contribution in [0.2, 0.25) is 0 Å². The minimum Gasteiger partial charge on any atom is -0.385 e. The number of nitro benzene ring substituents is 1. The number of amides is 1. The Labute approximate surface area is 148 Å². The number of halogens is 1. The van der Waals surface area contributed by atoms with Crippen LogP contribution in [-0.2, 0) is 4.79 Å². The fourth-order valence-corrected chi connectivity index (χ4v) is 2.65. The van der Waals surface area contributed by atoms with Crippen LogP contribution in [0.5, 0.6) is 0 Å². The molecule has 8 heteroatoms. The Bertz CT molecular complexity index is 519. The summed E-state index contributed by atoms with van der Waals surface area (Å²) in [5.74, 6) is 0.778. The predicted molar refractivity (Wildman–Crippen MR) is 96.7 cm³/mol. The molecule has 24 heavy (non-hydrogen) atoms. The number of nitro groups is 1. The highest BCUT2D eigenvalue weighted by molar-refractivity contribution is 5.85. The number of hydrogen-bond acceptors (Lipinski definition) is 5. The van der Waals surface area contributed by atoms with Crippen molar-refractivity contribution in [3.05, 3.63) is 34.4 Å². The van der Waals surface area contributed by atoms with E-state index in [1.54, 1.807) is 12.1 Å². The summed E-state index contributed by atoms with van der Waals surface area (Å²) in [5.41, 5.74) is 0.900. The molecule has 0 aliphatic carbocycles. The van der Waals surface area contributed by atoms with Crippen molar-refractivity contribution in [1.82, 2.24) is 10.6 Å². The van der Waals surface area contributed by atoms with Gasteiger partial charge in [-0.25, -0.2) is 0 Å². The van der Waals surface area contributed by atoms with Gasteiger partial charge in [0.2, 0.25) is 5.91 Å². The molecule has 3 N–H and O–H groups in total. The van der Waals surface area contributed by atoms with Gasteiger partial charge in [0.25, 0.3) is 5.69 Å². The smallest absolute Gasteiger partial charge is 0.269 e. The lowest BCUT2D eigenvalue weighted by Gasteiger charge is -2.10. The van der Waals surface area contributed by atoms with Crippen molar-refractivity contribution in [2.75, 3.05) is 31.5 Å². The summed E-state index contributed by atoms with van der Waals surface area (Å²) in [4.78, 5) is 21.9. The molecule has 1 fully saturated rings. The summed E-state index contributed by atoms with van der Waals surface area (Å²) in [6, 6.07) is 6.28. The molecule has 1 aromatic rings. The highest BCUT2D eigenvalue weighted by atomic mass is 35.5. The number of anilines is 1. The van der Waals surface area contributed by atoms with Crippen molar-refractivity contribution in [3.63, 3.8) is 0 Å². The molecule has 1 aliphatic heterocycles. The molecule has 0 spiro atoms. The van der Waals surface area contributed by atoms with Crippen LogP contribution in [0, 0.1) is 16.0 Å². The third-order valence-corrected chi connectivity index (χ3v) is 4.02. The lowest BCUT2D eigenvalue weighted by Crippen LogP contribution is -2.26. The second-order valence-electron chi connectivity index (χ2n) is 5.83. The van der Waals surface area contributed by atoms with Gasteiger partial charge in [-0.05, 0) is 50.4 Å². The van der Waals surface area contributed by atoms with Crippen LogP contribution >= 0.6 is 12.4 Å². The van der Waals surface area contributed by atoms with E-state index in [9.17, 15) is 14.9 Å². The van der Waals surface area contributed by atoms with Crippen LogP contribution in [0.25, 0.3) is 0 Å².